The van der Waals surface area contributed by atoms with Crippen LogP contribution in [0.1, 0.15) is 17.3 Å². The van der Waals surface area contributed by atoms with E-state index in [-0.39, 0.29) is 11.7 Å². The first-order chi connectivity index (χ1) is 18.8. The molecule has 5 rings (SSSR count). The van der Waals surface area contributed by atoms with E-state index in [2.05, 4.69) is 16.9 Å². The maximum absolute atomic E-state index is 13.6. The molecule has 0 unspecified atom stereocenters. The van der Waals surface area contributed by atoms with Gasteiger partial charge < -0.3 is 19.1 Å². The Kier molecular flexibility index (Phi) is 6.90. The van der Waals surface area contributed by atoms with Crippen molar-refractivity contribution < 1.29 is 18.0 Å². The molecule has 7 heteroatoms. The molecular weight excluding hydrogens is 493 g/mol. The molecule has 3 aromatic carbocycles. The quantitative estimate of drug-likeness (QED) is 0.308. The minimum atomic E-state index is -0.364. The number of amides is 1. The number of nitrogens with zero attached hydrogens (tertiary/aromatic N) is 2. The number of fused-ring (bicyclic) bond motifs is 1. The van der Waals surface area contributed by atoms with Gasteiger partial charge in [-0.25, -0.2) is 9.37 Å². The van der Waals surface area contributed by atoms with Gasteiger partial charge in [0.2, 0.25) is 5.89 Å². The number of carbonyl (C=O) groups excluding carboxylic acids is 1. The summed E-state index contributed by atoms with van der Waals surface area (Å²) < 4.78 is 25.8. The van der Waals surface area contributed by atoms with Crippen molar-refractivity contribution in [2.45, 2.75) is 6.92 Å². The lowest BCUT2D eigenvalue weighted by atomic mass is 9.97. The largest absolute Gasteiger partial charge is 0.455 e. The smallest absolute Gasteiger partial charge is 0.255 e. The molecule has 0 aliphatic carbocycles. The molecular formula is C32H28FN3O3. The Bertz CT molecular complexity index is 1830. The van der Waals surface area contributed by atoms with Gasteiger partial charge in [-0.05, 0) is 61.0 Å². The molecule has 2 aromatic heterocycles. The van der Waals surface area contributed by atoms with Crippen LogP contribution in [0.15, 0.2) is 81.7 Å². The van der Waals surface area contributed by atoms with E-state index >= 15 is 0 Å². The fraction of sp³-hybridized carbons (Fsp3) is 0.125. The predicted molar refractivity (Wildman–Crippen MR) is 154 cm³/mol. The maximum Gasteiger partial charge on any atom is 0.255 e. The van der Waals surface area contributed by atoms with Gasteiger partial charge in [-0.15, -0.1) is 0 Å². The third kappa shape index (κ3) is 4.86. The van der Waals surface area contributed by atoms with E-state index in [1.54, 1.807) is 19.2 Å². The highest BCUT2D eigenvalue weighted by atomic mass is 19.1. The van der Waals surface area contributed by atoms with Crippen LogP contribution in [0.4, 0.5) is 10.1 Å². The number of rotatable bonds is 6. The van der Waals surface area contributed by atoms with E-state index in [0.29, 0.717) is 44.5 Å². The standard InChI is InChI=1S/C32H28FN3O3/c1-6-7-11-27-19(2)35-32(39-27)22-10-8-9-21(16-22)24-17-25-28(18-26(24)36(4)5)38-30(29(25)31(37)34-3)20-12-14-23(33)15-13-20/h6-18H,2H2,1,3-5H3,(H,34,37)/b7-6-,27-11+. The fourth-order valence-electron chi connectivity index (χ4n) is 4.51. The highest BCUT2D eigenvalue weighted by Crippen LogP contribution is 2.41. The van der Waals surface area contributed by atoms with Crippen LogP contribution in [-0.4, -0.2) is 32.0 Å². The van der Waals surface area contributed by atoms with Crippen LogP contribution in [-0.2, 0) is 0 Å². The monoisotopic (exact) mass is 521 g/mol. The molecule has 0 bridgehead atoms. The van der Waals surface area contributed by atoms with E-state index in [9.17, 15) is 9.18 Å². The second-order valence-corrected chi connectivity index (χ2v) is 9.26. The molecule has 39 heavy (non-hydrogen) atoms. The Hall–Kier alpha value is -4.91. The van der Waals surface area contributed by atoms with Crippen molar-refractivity contribution in [2.75, 3.05) is 26.0 Å². The Morgan fingerprint density at radius 1 is 1.03 bits per heavy atom. The summed E-state index contributed by atoms with van der Waals surface area (Å²) in [5.41, 5.74) is 5.66. The van der Waals surface area contributed by atoms with Crippen molar-refractivity contribution in [3.8, 4) is 33.9 Å². The number of nitrogens with one attached hydrogen (secondary N) is 1. The number of hydrogen-bond acceptors (Lipinski definition) is 5. The number of hydrogen-bond donors (Lipinski definition) is 1. The first-order valence-electron chi connectivity index (χ1n) is 12.5. The number of benzene rings is 3. The van der Waals surface area contributed by atoms with Crippen molar-refractivity contribution in [3.05, 3.63) is 95.0 Å². The summed E-state index contributed by atoms with van der Waals surface area (Å²) in [7, 11) is 5.47. The molecule has 0 spiro atoms. The number of oxazole rings is 1. The summed E-state index contributed by atoms with van der Waals surface area (Å²) in [6.07, 6.45) is 5.62. The summed E-state index contributed by atoms with van der Waals surface area (Å²) in [5.74, 6) is 0.195. The second kappa shape index (κ2) is 10.5. The SMILES string of the molecule is C=c1nc(-c2cccc(-c3cc4c(C(=O)NC)c(-c5ccc(F)cc5)oc4cc3N(C)C)c2)o/c1=C/C=C\C. The number of furan rings is 1. The van der Waals surface area contributed by atoms with E-state index in [0.717, 1.165) is 22.4 Å². The first kappa shape index (κ1) is 25.7. The molecule has 1 N–H and O–H groups in total. The van der Waals surface area contributed by atoms with Crippen molar-refractivity contribution in [3.63, 3.8) is 0 Å². The highest BCUT2D eigenvalue weighted by Gasteiger charge is 2.24. The Balaban J connectivity index is 1.72. The summed E-state index contributed by atoms with van der Waals surface area (Å²) in [5, 5.41) is 3.93. The Morgan fingerprint density at radius 2 is 1.77 bits per heavy atom. The molecule has 2 heterocycles. The summed E-state index contributed by atoms with van der Waals surface area (Å²) >= 11 is 0. The highest BCUT2D eigenvalue weighted by molar-refractivity contribution is 6.12. The average Bonchev–Trinajstić information content (AvgIpc) is 3.51. The van der Waals surface area contributed by atoms with Gasteiger partial charge in [0.05, 0.1) is 5.56 Å². The predicted octanol–water partition coefficient (Wildman–Crippen LogP) is 5.75. The van der Waals surface area contributed by atoms with Gasteiger partial charge in [-0.2, -0.15) is 0 Å². The first-order valence-corrected chi connectivity index (χ1v) is 12.5. The Morgan fingerprint density at radius 3 is 2.46 bits per heavy atom. The van der Waals surface area contributed by atoms with Crippen molar-refractivity contribution in [1.82, 2.24) is 10.3 Å². The van der Waals surface area contributed by atoms with Gasteiger partial charge in [0.25, 0.3) is 5.91 Å². The minimum absolute atomic E-state index is 0.293. The molecule has 0 aliphatic rings. The van der Waals surface area contributed by atoms with Crippen molar-refractivity contribution in [1.29, 1.82) is 0 Å². The molecule has 0 atom stereocenters. The van der Waals surface area contributed by atoms with Crippen LogP contribution in [0, 0.1) is 5.82 Å². The lowest BCUT2D eigenvalue weighted by molar-refractivity contribution is 0.0964. The molecule has 5 aromatic rings. The summed E-state index contributed by atoms with van der Waals surface area (Å²) in [6, 6.07) is 17.6. The second-order valence-electron chi connectivity index (χ2n) is 9.26. The minimum Gasteiger partial charge on any atom is -0.455 e. The average molecular weight is 522 g/mol. The van der Waals surface area contributed by atoms with Gasteiger partial charge in [0, 0.05) is 55.0 Å². The van der Waals surface area contributed by atoms with Crippen molar-refractivity contribution in [2.24, 2.45) is 0 Å². The molecule has 0 saturated heterocycles. The normalized spacial score (nSPS) is 12.0. The maximum atomic E-state index is 13.6. The van der Waals surface area contributed by atoms with Crippen LogP contribution in [0.25, 0.3) is 57.5 Å². The van der Waals surface area contributed by atoms with Crippen LogP contribution in [0.5, 0.6) is 0 Å². The number of aromatic nitrogens is 1. The number of halogens is 1. The van der Waals surface area contributed by atoms with Gasteiger partial charge in [0.15, 0.2) is 5.42 Å². The lowest BCUT2D eigenvalue weighted by Crippen LogP contribution is -2.19. The summed E-state index contributed by atoms with van der Waals surface area (Å²) in [4.78, 5) is 19.6. The zero-order valence-electron chi connectivity index (χ0n) is 22.2. The van der Waals surface area contributed by atoms with Gasteiger partial charge >= 0.3 is 0 Å². The molecule has 0 saturated carbocycles. The summed E-state index contributed by atoms with van der Waals surface area (Å²) in [6.45, 7) is 5.92. The van der Waals surface area contributed by atoms with Crippen LogP contribution in [0.2, 0.25) is 0 Å². The number of carbonyl (C=O) groups is 1. The van der Waals surface area contributed by atoms with E-state index in [1.165, 1.54) is 12.1 Å². The number of anilines is 1. The lowest BCUT2D eigenvalue weighted by Gasteiger charge is -2.18. The molecule has 1 amide bonds. The molecule has 6 nitrogen and oxygen atoms in total. The van der Waals surface area contributed by atoms with Gasteiger partial charge in [-0.3, -0.25) is 4.79 Å². The molecule has 0 radical (unpaired) electrons. The van der Waals surface area contributed by atoms with Crippen LogP contribution >= 0.6 is 0 Å². The fourth-order valence-corrected chi connectivity index (χ4v) is 4.51. The van der Waals surface area contributed by atoms with E-state index in [1.807, 2.05) is 80.5 Å². The topological polar surface area (TPSA) is 71.5 Å². The van der Waals surface area contributed by atoms with Crippen LogP contribution < -0.4 is 21.0 Å². The third-order valence-corrected chi connectivity index (χ3v) is 6.44. The molecule has 0 aliphatic heterocycles. The zero-order chi connectivity index (χ0) is 27.7. The zero-order valence-corrected chi connectivity index (χ0v) is 22.2. The molecule has 196 valence electrons. The van der Waals surface area contributed by atoms with Gasteiger partial charge in [-0.1, -0.05) is 30.9 Å². The van der Waals surface area contributed by atoms with Crippen molar-refractivity contribution >= 4 is 35.2 Å². The Labute approximate surface area is 225 Å². The number of allylic oxidation sites excluding steroid dienone is 2. The third-order valence-electron chi connectivity index (χ3n) is 6.44. The van der Waals surface area contributed by atoms with E-state index < -0.39 is 0 Å². The molecule has 0 fully saturated rings. The van der Waals surface area contributed by atoms with E-state index in [4.69, 9.17) is 8.83 Å². The van der Waals surface area contributed by atoms with Crippen LogP contribution in [0.3, 0.4) is 0 Å². The van der Waals surface area contributed by atoms with Gasteiger partial charge in [0.1, 0.15) is 22.5 Å².